The topological polar surface area (TPSA) is 96.8 Å². The molecule has 210 valence electrons. The average Bonchev–Trinajstić information content (AvgIpc) is 3.28. The van der Waals surface area contributed by atoms with Gasteiger partial charge in [0.25, 0.3) is 15.9 Å². The molecule has 9 nitrogen and oxygen atoms in total. The third-order valence-corrected chi connectivity index (χ3v) is 8.58. The lowest BCUT2D eigenvalue weighted by molar-refractivity contribution is -0.137. The SMILES string of the molecule is CN(c1ccc(Oc2ccc3c(c2)cc(C(=O)N2CCNCC2)n3C)nc1)S(=O)(=O)c1ccc(C(F)(F)F)cc1. The summed E-state index contributed by atoms with van der Waals surface area (Å²) in [6.07, 6.45) is -3.27. The molecule has 1 amide bonds. The van der Waals surface area contributed by atoms with Crippen molar-refractivity contribution in [1.82, 2.24) is 19.8 Å². The Morgan fingerprint density at radius 2 is 1.73 bits per heavy atom. The largest absolute Gasteiger partial charge is 0.439 e. The highest BCUT2D eigenvalue weighted by Crippen LogP contribution is 2.32. The molecule has 5 rings (SSSR count). The van der Waals surface area contributed by atoms with Crippen LogP contribution < -0.4 is 14.4 Å². The number of aryl methyl sites for hydroxylation is 1. The molecule has 2 aromatic carbocycles. The van der Waals surface area contributed by atoms with Gasteiger partial charge >= 0.3 is 6.18 Å². The van der Waals surface area contributed by atoms with Crippen molar-refractivity contribution in [3.05, 3.63) is 78.1 Å². The molecule has 1 N–H and O–H groups in total. The van der Waals surface area contributed by atoms with Crippen molar-refractivity contribution < 1.29 is 31.1 Å². The fraction of sp³-hybridized carbons (Fsp3) is 0.259. The Morgan fingerprint density at radius 3 is 2.35 bits per heavy atom. The summed E-state index contributed by atoms with van der Waals surface area (Å²) in [6, 6.07) is 13.5. The molecule has 0 radical (unpaired) electrons. The van der Waals surface area contributed by atoms with E-state index in [1.165, 1.54) is 25.4 Å². The molecule has 40 heavy (non-hydrogen) atoms. The van der Waals surface area contributed by atoms with Crippen molar-refractivity contribution >= 4 is 32.5 Å². The first-order chi connectivity index (χ1) is 18.9. The van der Waals surface area contributed by atoms with E-state index in [4.69, 9.17) is 4.74 Å². The van der Waals surface area contributed by atoms with Crippen LogP contribution >= 0.6 is 0 Å². The van der Waals surface area contributed by atoms with Crippen LogP contribution in [0.25, 0.3) is 10.9 Å². The Kier molecular flexibility index (Phi) is 7.19. The standard InChI is InChI=1S/C27H26F3N5O4S/c1-33-23-9-6-21(15-18(23)16-24(33)26(36)35-13-11-31-12-14-35)39-25-10-5-20(17-32-25)34(2)40(37,38)22-7-3-19(4-8-22)27(28,29)30/h3-10,15-17,31H,11-14H2,1-2H3. The Labute approximate surface area is 228 Å². The Morgan fingerprint density at radius 1 is 1.02 bits per heavy atom. The van der Waals surface area contributed by atoms with Crippen LogP contribution in [-0.2, 0) is 23.2 Å². The number of halogens is 3. The van der Waals surface area contributed by atoms with E-state index >= 15 is 0 Å². The van der Waals surface area contributed by atoms with Gasteiger partial charge in [0.2, 0.25) is 5.88 Å². The van der Waals surface area contributed by atoms with Crippen LogP contribution in [-0.4, -0.2) is 62.0 Å². The maximum absolute atomic E-state index is 13.0. The number of carbonyl (C=O) groups excluding carboxylic acids is 1. The van der Waals surface area contributed by atoms with Gasteiger partial charge in [0, 0.05) is 57.2 Å². The number of alkyl halides is 3. The highest BCUT2D eigenvalue weighted by Gasteiger charge is 2.31. The highest BCUT2D eigenvalue weighted by atomic mass is 32.2. The summed E-state index contributed by atoms with van der Waals surface area (Å²) >= 11 is 0. The molecule has 1 saturated heterocycles. The normalized spacial score (nSPS) is 14.4. The number of nitrogens with zero attached hydrogens (tertiary/aromatic N) is 4. The summed E-state index contributed by atoms with van der Waals surface area (Å²) in [5.41, 5.74) is 0.702. The van der Waals surface area contributed by atoms with Gasteiger partial charge in [0.1, 0.15) is 11.4 Å². The van der Waals surface area contributed by atoms with Gasteiger partial charge < -0.3 is 19.5 Å². The number of nitrogens with one attached hydrogen (secondary N) is 1. The molecule has 0 saturated carbocycles. The zero-order valence-electron chi connectivity index (χ0n) is 21.6. The van der Waals surface area contributed by atoms with Gasteiger partial charge in [-0.15, -0.1) is 0 Å². The minimum absolute atomic E-state index is 0.0321. The van der Waals surface area contributed by atoms with E-state index < -0.39 is 21.8 Å². The number of pyridine rings is 1. The lowest BCUT2D eigenvalue weighted by atomic mass is 10.2. The third-order valence-electron chi connectivity index (χ3n) is 6.78. The molecule has 1 aliphatic rings. The Hall–Kier alpha value is -4.10. The Balaban J connectivity index is 1.31. The molecule has 0 unspecified atom stereocenters. The molecular formula is C27H26F3N5O4S. The number of ether oxygens (including phenoxy) is 1. The molecule has 13 heteroatoms. The van der Waals surface area contributed by atoms with E-state index in [2.05, 4.69) is 10.3 Å². The van der Waals surface area contributed by atoms with Crippen LogP contribution in [0.4, 0.5) is 18.9 Å². The molecule has 4 aromatic rings. The first kappa shape index (κ1) is 27.5. The monoisotopic (exact) mass is 573 g/mol. The Bertz CT molecular complexity index is 1650. The predicted octanol–water partition coefficient (Wildman–Crippen LogP) is 4.25. The van der Waals surface area contributed by atoms with Gasteiger partial charge in [-0.1, -0.05) is 0 Å². The quantitative estimate of drug-likeness (QED) is 0.371. The first-order valence-corrected chi connectivity index (χ1v) is 13.8. The first-order valence-electron chi connectivity index (χ1n) is 12.3. The predicted molar refractivity (Wildman–Crippen MR) is 143 cm³/mol. The van der Waals surface area contributed by atoms with Gasteiger partial charge in [-0.05, 0) is 54.6 Å². The number of hydrogen-bond acceptors (Lipinski definition) is 6. The second kappa shape index (κ2) is 10.5. The van der Waals surface area contributed by atoms with Crippen LogP contribution in [0.5, 0.6) is 11.6 Å². The molecular weight excluding hydrogens is 547 g/mol. The number of carbonyl (C=O) groups is 1. The fourth-order valence-corrected chi connectivity index (χ4v) is 5.66. The molecule has 1 aliphatic heterocycles. The fourth-order valence-electron chi connectivity index (χ4n) is 4.48. The van der Waals surface area contributed by atoms with Gasteiger partial charge in [0.05, 0.1) is 22.3 Å². The lowest BCUT2D eigenvalue weighted by Crippen LogP contribution is -2.46. The van der Waals surface area contributed by atoms with Crippen molar-refractivity contribution in [3.8, 4) is 11.6 Å². The van der Waals surface area contributed by atoms with Gasteiger partial charge in [-0.2, -0.15) is 13.2 Å². The van der Waals surface area contributed by atoms with Crippen LogP contribution in [0.1, 0.15) is 16.1 Å². The van der Waals surface area contributed by atoms with Gasteiger partial charge in [-0.3, -0.25) is 9.10 Å². The smallest absolute Gasteiger partial charge is 0.416 e. The summed E-state index contributed by atoms with van der Waals surface area (Å²) < 4.78 is 73.0. The number of amides is 1. The third kappa shape index (κ3) is 5.34. The number of sulfonamides is 1. The molecule has 3 heterocycles. The van der Waals surface area contributed by atoms with Crippen LogP contribution in [0, 0.1) is 0 Å². The van der Waals surface area contributed by atoms with Crippen molar-refractivity contribution in [2.24, 2.45) is 7.05 Å². The summed E-state index contributed by atoms with van der Waals surface area (Å²) in [5.74, 6) is 0.650. The number of piperazine rings is 1. The number of anilines is 1. The number of aromatic nitrogens is 2. The van der Waals surface area contributed by atoms with E-state index in [-0.39, 0.29) is 22.4 Å². The maximum Gasteiger partial charge on any atom is 0.416 e. The van der Waals surface area contributed by atoms with Crippen molar-refractivity contribution in [3.63, 3.8) is 0 Å². The maximum atomic E-state index is 13.0. The summed E-state index contributed by atoms with van der Waals surface area (Å²) in [4.78, 5) is 18.7. The second-order valence-corrected chi connectivity index (χ2v) is 11.3. The summed E-state index contributed by atoms with van der Waals surface area (Å²) in [6.45, 7) is 2.82. The van der Waals surface area contributed by atoms with Gasteiger partial charge in [-0.25, -0.2) is 13.4 Å². The van der Waals surface area contributed by atoms with E-state index in [9.17, 15) is 26.4 Å². The molecule has 0 bridgehead atoms. The zero-order chi connectivity index (χ0) is 28.7. The molecule has 0 atom stereocenters. The van der Waals surface area contributed by atoms with Crippen molar-refractivity contribution in [1.29, 1.82) is 0 Å². The van der Waals surface area contributed by atoms with Crippen molar-refractivity contribution in [2.45, 2.75) is 11.1 Å². The van der Waals surface area contributed by atoms with Crippen molar-refractivity contribution in [2.75, 3.05) is 37.5 Å². The zero-order valence-corrected chi connectivity index (χ0v) is 22.5. The van der Waals surface area contributed by atoms with E-state index in [1.54, 1.807) is 12.1 Å². The van der Waals surface area contributed by atoms with Gasteiger partial charge in [0.15, 0.2) is 0 Å². The number of hydrogen-bond donors (Lipinski definition) is 1. The van der Waals surface area contributed by atoms with Crippen LogP contribution in [0.2, 0.25) is 0 Å². The molecule has 0 aliphatic carbocycles. The minimum Gasteiger partial charge on any atom is -0.439 e. The number of benzene rings is 2. The minimum atomic E-state index is -4.57. The van der Waals surface area contributed by atoms with Crippen LogP contribution in [0.15, 0.2) is 71.8 Å². The lowest BCUT2D eigenvalue weighted by Gasteiger charge is -2.27. The molecule has 0 spiro atoms. The number of rotatable bonds is 6. The summed E-state index contributed by atoms with van der Waals surface area (Å²) in [5, 5.41) is 4.05. The van der Waals surface area contributed by atoms with E-state index in [0.29, 0.717) is 24.5 Å². The summed E-state index contributed by atoms with van der Waals surface area (Å²) in [7, 11) is -0.993. The average molecular weight is 574 g/mol. The van der Waals surface area contributed by atoms with Crippen LogP contribution in [0.3, 0.4) is 0 Å². The highest BCUT2D eigenvalue weighted by molar-refractivity contribution is 7.92. The van der Waals surface area contributed by atoms with E-state index in [1.807, 2.05) is 28.6 Å². The molecule has 1 fully saturated rings. The van der Waals surface area contributed by atoms with E-state index in [0.717, 1.165) is 52.6 Å². The second-order valence-electron chi connectivity index (χ2n) is 9.30. The number of fused-ring (bicyclic) bond motifs is 1. The molecule has 2 aromatic heterocycles.